The first-order valence-electron chi connectivity index (χ1n) is 6.21. The molecule has 0 heterocycles. The lowest BCUT2D eigenvalue weighted by atomic mass is 10.2. The maximum Gasteiger partial charge on any atom is 0.328 e. The van der Waals surface area contributed by atoms with Gasteiger partial charge in [-0.3, -0.25) is 4.79 Å². The first-order chi connectivity index (χ1) is 9.31. The number of hydrogen-bond donors (Lipinski definition) is 3. The van der Waals surface area contributed by atoms with E-state index in [0.717, 1.165) is 16.0 Å². The summed E-state index contributed by atoms with van der Waals surface area (Å²) in [4.78, 5) is 23.6. The molecule has 0 aliphatic carbocycles. The summed E-state index contributed by atoms with van der Waals surface area (Å²) in [6.07, 6.45) is -1.14. The monoisotopic (exact) mass is 297 g/mol. The Morgan fingerprint density at radius 2 is 2.00 bits per heavy atom. The van der Waals surface area contributed by atoms with Crippen molar-refractivity contribution in [2.24, 2.45) is 0 Å². The van der Waals surface area contributed by atoms with E-state index in [9.17, 15) is 14.7 Å². The number of aliphatic carboxylic acids is 1. The zero-order chi connectivity index (χ0) is 15.3. The molecule has 1 amide bonds. The number of rotatable bonds is 6. The number of carbonyl (C=O) groups is 2. The molecule has 1 aromatic rings. The second-order valence-corrected chi connectivity index (χ2v) is 5.70. The van der Waals surface area contributed by atoms with Gasteiger partial charge in [0.25, 0.3) is 0 Å². The highest BCUT2D eigenvalue weighted by Gasteiger charge is 2.24. The standard InChI is InChI=1S/C14H19NO4S/c1-8-4-5-9(2)11(6-8)20-7-12(17)15-13(10(3)16)14(18)19/h4-6,10,13,16H,7H2,1-3H3,(H,15,17)(H,18,19). The Labute approximate surface area is 122 Å². The van der Waals surface area contributed by atoms with Gasteiger partial charge in [-0.05, 0) is 32.4 Å². The van der Waals surface area contributed by atoms with Crippen LogP contribution in [0.4, 0.5) is 0 Å². The predicted octanol–water partition coefficient (Wildman–Crippen LogP) is 1.35. The molecule has 0 radical (unpaired) electrons. The highest BCUT2D eigenvalue weighted by molar-refractivity contribution is 8.00. The molecule has 110 valence electrons. The average molecular weight is 297 g/mol. The van der Waals surface area contributed by atoms with E-state index in [-0.39, 0.29) is 5.75 Å². The molecule has 0 aromatic heterocycles. The summed E-state index contributed by atoms with van der Waals surface area (Å²) in [6.45, 7) is 5.25. The molecular weight excluding hydrogens is 278 g/mol. The highest BCUT2D eigenvalue weighted by atomic mass is 32.2. The largest absolute Gasteiger partial charge is 0.480 e. The fourth-order valence-electron chi connectivity index (χ4n) is 1.61. The summed E-state index contributed by atoms with van der Waals surface area (Å²) in [5.41, 5.74) is 2.17. The molecule has 0 aliphatic heterocycles. The Hall–Kier alpha value is -1.53. The second kappa shape index (κ2) is 7.31. The van der Waals surface area contributed by atoms with Crippen LogP contribution in [0.2, 0.25) is 0 Å². The van der Waals surface area contributed by atoms with Gasteiger partial charge in [-0.15, -0.1) is 11.8 Å². The minimum absolute atomic E-state index is 0.112. The fraction of sp³-hybridized carbons (Fsp3) is 0.429. The molecule has 2 unspecified atom stereocenters. The van der Waals surface area contributed by atoms with Crippen molar-refractivity contribution in [1.29, 1.82) is 0 Å². The summed E-state index contributed by atoms with van der Waals surface area (Å²) >= 11 is 1.35. The van der Waals surface area contributed by atoms with Gasteiger partial charge >= 0.3 is 5.97 Å². The summed E-state index contributed by atoms with van der Waals surface area (Å²) < 4.78 is 0. The number of aryl methyl sites for hydroxylation is 2. The number of thioether (sulfide) groups is 1. The molecule has 0 spiro atoms. The van der Waals surface area contributed by atoms with Crippen LogP contribution in [0.3, 0.4) is 0 Å². The van der Waals surface area contributed by atoms with Crippen LogP contribution in [0, 0.1) is 13.8 Å². The van der Waals surface area contributed by atoms with Gasteiger partial charge in [-0.25, -0.2) is 4.79 Å². The molecule has 1 aromatic carbocycles. The number of benzene rings is 1. The first-order valence-corrected chi connectivity index (χ1v) is 7.20. The van der Waals surface area contributed by atoms with Crippen molar-refractivity contribution in [3.8, 4) is 0 Å². The van der Waals surface area contributed by atoms with Crippen LogP contribution in [0.25, 0.3) is 0 Å². The summed E-state index contributed by atoms with van der Waals surface area (Å²) in [6, 6.07) is 4.68. The van der Waals surface area contributed by atoms with Crippen molar-refractivity contribution < 1.29 is 19.8 Å². The van der Waals surface area contributed by atoms with Crippen LogP contribution in [0.5, 0.6) is 0 Å². The maximum atomic E-state index is 11.7. The Morgan fingerprint density at radius 1 is 1.35 bits per heavy atom. The van der Waals surface area contributed by atoms with Crippen LogP contribution >= 0.6 is 11.8 Å². The van der Waals surface area contributed by atoms with Gasteiger partial charge in [-0.1, -0.05) is 17.7 Å². The SMILES string of the molecule is Cc1ccc(C)c(SCC(=O)NC(C(=O)O)C(C)O)c1. The molecule has 0 aliphatic rings. The molecule has 20 heavy (non-hydrogen) atoms. The fourth-order valence-corrected chi connectivity index (χ4v) is 2.54. The Morgan fingerprint density at radius 3 is 2.55 bits per heavy atom. The zero-order valence-corrected chi connectivity index (χ0v) is 12.5. The summed E-state index contributed by atoms with van der Waals surface area (Å²) in [5.74, 6) is -1.55. The molecule has 5 nitrogen and oxygen atoms in total. The van der Waals surface area contributed by atoms with E-state index in [4.69, 9.17) is 5.11 Å². The number of aliphatic hydroxyl groups is 1. The molecule has 3 N–H and O–H groups in total. The quantitative estimate of drug-likeness (QED) is 0.690. The van der Waals surface area contributed by atoms with Gasteiger partial charge in [-0.2, -0.15) is 0 Å². The lowest BCUT2D eigenvalue weighted by molar-refractivity contribution is -0.144. The van der Waals surface area contributed by atoms with Crippen LogP contribution in [-0.2, 0) is 9.59 Å². The van der Waals surface area contributed by atoms with Gasteiger partial charge in [0, 0.05) is 4.90 Å². The number of carboxylic acids is 1. The number of aliphatic hydroxyl groups excluding tert-OH is 1. The zero-order valence-electron chi connectivity index (χ0n) is 11.7. The van der Waals surface area contributed by atoms with Crippen LogP contribution in [0.15, 0.2) is 23.1 Å². The van der Waals surface area contributed by atoms with Crippen molar-refractivity contribution in [2.45, 2.75) is 37.8 Å². The molecule has 0 fully saturated rings. The lowest BCUT2D eigenvalue weighted by Gasteiger charge is -2.17. The van der Waals surface area contributed by atoms with Crippen LogP contribution < -0.4 is 5.32 Å². The van der Waals surface area contributed by atoms with Crippen LogP contribution in [-0.4, -0.2) is 40.0 Å². The molecule has 0 saturated carbocycles. The predicted molar refractivity (Wildman–Crippen MR) is 77.9 cm³/mol. The van der Waals surface area contributed by atoms with Gasteiger partial charge < -0.3 is 15.5 Å². The third kappa shape index (κ3) is 4.86. The number of amides is 1. The van der Waals surface area contributed by atoms with Gasteiger partial charge in [0.1, 0.15) is 0 Å². The van der Waals surface area contributed by atoms with Crippen molar-refractivity contribution in [1.82, 2.24) is 5.32 Å². The van der Waals surface area contributed by atoms with Gasteiger partial charge in [0.15, 0.2) is 6.04 Å². The third-order valence-electron chi connectivity index (χ3n) is 2.77. The van der Waals surface area contributed by atoms with Crippen molar-refractivity contribution in [2.75, 3.05) is 5.75 Å². The average Bonchev–Trinajstić information content (AvgIpc) is 2.36. The topological polar surface area (TPSA) is 86.6 Å². The van der Waals surface area contributed by atoms with E-state index in [0.29, 0.717) is 0 Å². The van der Waals surface area contributed by atoms with E-state index < -0.39 is 24.0 Å². The third-order valence-corrected chi connectivity index (χ3v) is 3.92. The number of hydrogen-bond acceptors (Lipinski definition) is 4. The molecule has 1 rings (SSSR count). The summed E-state index contributed by atoms with van der Waals surface area (Å²) in [5, 5.41) is 20.5. The van der Waals surface area contributed by atoms with E-state index >= 15 is 0 Å². The van der Waals surface area contributed by atoms with Crippen molar-refractivity contribution in [3.05, 3.63) is 29.3 Å². The maximum absolute atomic E-state index is 11.7. The molecule has 6 heteroatoms. The Bertz CT molecular complexity index is 502. The lowest BCUT2D eigenvalue weighted by Crippen LogP contribution is -2.48. The Kier molecular flexibility index (Phi) is 6.04. The smallest absolute Gasteiger partial charge is 0.328 e. The number of nitrogens with one attached hydrogen (secondary N) is 1. The van der Waals surface area contributed by atoms with Crippen molar-refractivity contribution in [3.63, 3.8) is 0 Å². The second-order valence-electron chi connectivity index (χ2n) is 4.68. The van der Waals surface area contributed by atoms with Crippen LogP contribution in [0.1, 0.15) is 18.1 Å². The minimum Gasteiger partial charge on any atom is -0.480 e. The van der Waals surface area contributed by atoms with E-state index in [1.165, 1.54) is 18.7 Å². The van der Waals surface area contributed by atoms with Gasteiger partial charge in [0.05, 0.1) is 11.9 Å². The van der Waals surface area contributed by atoms with Gasteiger partial charge in [0.2, 0.25) is 5.91 Å². The Balaban J connectivity index is 2.59. The van der Waals surface area contributed by atoms with E-state index in [2.05, 4.69) is 5.32 Å². The summed E-state index contributed by atoms with van der Waals surface area (Å²) in [7, 11) is 0. The molecule has 0 bridgehead atoms. The highest BCUT2D eigenvalue weighted by Crippen LogP contribution is 2.23. The molecule has 2 atom stereocenters. The van der Waals surface area contributed by atoms with E-state index in [1.54, 1.807) is 0 Å². The normalized spacial score (nSPS) is 13.6. The van der Waals surface area contributed by atoms with Crippen molar-refractivity contribution >= 4 is 23.6 Å². The minimum atomic E-state index is -1.28. The number of carbonyl (C=O) groups excluding carboxylic acids is 1. The first kappa shape index (κ1) is 16.5. The molecular formula is C14H19NO4S. The number of carboxylic acid groups (broad SMARTS) is 1. The van der Waals surface area contributed by atoms with E-state index in [1.807, 2.05) is 32.0 Å². The molecule has 0 saturated heterocycles.